The summed E-state index contributed by atoms with van der Waals surface area (Å²) in [5.41, 5.74) is 0.369. The topological polar surface area (TPSA) is 66.9 Å². The maximum atomic E-state index is 12.9. The second-order valence-electron chi connectivity index (χ2n) is 7.45. The Morgan fingerprint density at radius 3 is 2.26 bits per heavy atom. The quantitative estimate of drug-likeness (QED) is 0.694. The average Bonchev–Trinajstić information content (AvgIpc) is 2.69. The van der Waals surface area contributed by atoms with Crippen LogP contribution in [-0.2, 0) is 14.8 Å². The van der Waals surface area contributed by atoms with Crippen LogP contribution < -0.4 is 0 Å². The van der Waals surface area contributed by atoms with Crippen molar-refractivity contribution < 1.29 is 17.9 Å². The molecule has 7 heteroatoms. The van der Waals surface area contributed by atoms with Gasteiger partial charge in [-0.1, -0.05) is 19.3 Å². The van der Waals surface area contributed by atoms with Crippen molar-refractivity contribution in [1.29, 1.82) is 0 Å². The molecule has 1 aliphatic carbocycles. The monoisotopic (exact) mass is 394 g/mol. The lowest BCUT2D eigenvalue weighted by molar-refractivity contribution is 0.0526. The molecule has 6 nitrogen and oxygen atoms in total. The highest BCUT2D eigenvalue weighted by Gasteiger charge is 2.29. The van der Waals surface area contributed by atoms with E-state index < -0.39 is 16.0 Å². The number of piperazine rings is 1. The number of benzene rings is 1. The lowest BCUT2D eigenvalue weighted by Crippen LogP contribution is -2.49. The first-order valence-corrected chi connectivity index (χ1v) is 11.4. The summed E-state index contributed by atoms with van der Waals surface area (Å²) in [5.74, 6) is 0.343. The molecule has 0 N–H and O–H groups in total. The van der Waals surface area contributed by atoms with Gasteiger partial charge < -0.3 is 9.64 Å². The molecule has 1 saturated carbocycles. The van der Waals surface area contributed by atoms with Crippen molar-refractivity contribution in [2.75, 3.05) is 39.3 Å². The van der Waals surface area contributed by atoms with Gasteiger partial charge in [-0.05, 0) is 49.9 Å². The van der Waals surface area contributed by atoms with Gasteiger partial charge in [0.05, 0.1) is 17.1 Å². The Kier molecular flexibility index (Phi) is 6.89. The first-order valence-electron chi connectivity index (χ1n) is 10.0. The molecule has 27 heavy (non-hydrogen) atoms. The molecule has 0 spiro atoms. The fourth-order valence-electron chi connectivity index (χ4n) is 4.01. The zero-order chi connectivity index (χ0) is 19.3. The zero-order valence-electron chi connectivity index (χ0n) is 16.1. The summed E-state index contributed by atoms with van der Waals surface area (Å²) in [6, 6.07) is 6.03. The van der Waals surface area contributed by atoms with E-state index in [0.717, 1.165) is 25.6 Å². The maximum Gasteiger partial charge on any atom is 0.338 e. The van der Waals surface area contributed by atoms with Crippen LogP contribution in [0.4, 0.5) is 0 Å². The van der Waals surface area contributed by atoms with Gasteiger partial charge in [-0.15, -0.1) is 0 Å². The molecule has 1 aromatic rings. The molecule has 0 amide bonds. The number of nitrogens with zero attached hydrogens (tertiary/aromatic N) is 2. The maximum absolute atomic E-state index is 12.9. The van der Waals surface area contributed by atoms with Crippen molar-refractivity contribution in [2.45, 2.75) is 43.9 Å². The summed E-state index contributed by atoms with van der Waals surface area (Å²) in [6.07, 6.45) is 6.65. The van der Waals surface area contributed by atoms with Gasteiger partial charge in [-0.25, -0.2) is 13.2 Å². The predicted octanol–water partition coefficient (Wildman–Crippen LogP) is 2.75. The number of esters is 1. The van der Waals surface area contributed by atoms with Gasteiger partial charge in [-0.2, -0.15) is 4.31 Å². The van der Waals surface area contributed by atoms with Crippen LogP contribution in [0.3, 0.4) is 0 Å². The van der Waals surface area contributed by atoms with Crippen molar-refractivity contribution in [3.63, 3.8) is 0 Å². The molecule has 1 heterocycles. The largest absolute Gasteiger partial charge is 0.462 e. The molecule has 3 rings (SSSR count). The molecular weight excluding hydrogens is 364 g/mol. The predicted molar refractivity (Wildman–Crippen MR) is 104 cm³/mol. The third-order valence-electron chi connectivity index (χ3n) is 5.58. The third-order valence-corrected chi connectivity index (χ3v) is 7.49. The fraction of sp³-hybridized carbons (Fsp3) is 0.650. The molecule has 0 bridgehead atoms. The van der Waals surface area contributed by atoms with Crippen molar-refractivity contribution >= 4 is 16.0 Å². The van der Waals surface area contributed by atoms with Crippen molar-refractivity contribution in [3.05, 3.63) is 29.8 Å². The SMILES string of the molecule is CCOC(=O)c1ccc(S(=O)(=O)N2CCN(CC3CCCCC3)CC2)cc1. The molecule has 0 atom stereocenters. The van der Waals surface area contributed by atoms with E-state index in [2.05, 4.69) is 4.90 Å². The van der Waals surface area contributed by atoms with Gasteiger partial charge in [-0.3, -0.25) is 0 Å². The highest BCUT2D eigenvalue weighted by atomic mass is 32.2. The van der Waals surface area contributed by atoms with Gasteiger partial charge in [0.1, 0.15) is 0 Å². The van der Waals surface area contributed by atoms with Gasteiger partial charge in [0.2, 0.25) is 10.0 Å². The van der Waals surface area contributed by atoms with E-state index in [1.165, 1.54) is 56.4 Å². The third kappa shape index (κ3) is 5.09. The standard InChI is InChI=1S/C20H30N2O4S/c1-2-26-20(23)18-8-10-19(11-9-18)27(24,25)22-14-12-21(13-15-22)16-17-6-4-3-5-7-17/h8-11,17H,2-7,12-16H2,1H3. The number of carbonyl (C=O) groups excluding carboxylic acids is 1. The molecule has 2 aliphatic rings. The number of hydrogen-bond acceptors (Lipinski definition) is 5. The summed E-state index contributed by atoms with van der Waals surface area (Å²) >= 11 is 0. The molecule has 2 fully saturated rings. The van der Waals surface area contributed by atoms with Gasteiger partial charge >= 0.3 is 5.97 Å². The second-order valence-corrected chi connectivity index (χ2v) is 9.39. The Hall–Kier alpha value is -1.44. The lowest BCUT2D eigenvalue weighted by atomic mass is 9.89. The Morgan fingerprint density at radius 1 is 1.04 bits per heavy atom. The Bertz CT molecular complexity index is 719. The summed E-state index contributed by atoms with van der Waals surface area (Å²) in [7, 11) is -3.52. The molecular formula is C20H30N2O4S. The molecule has 0 aromatic heterocycles. The van der Waals surface area contributed by atoms with Gasteiger partial charge in [0.15, 0.2) is 0 Å². The van der Waals surface area contributed by atoms with E-state index in [4.69, 9.17) is 4.74 Å². The van der Waals surface area contributed by atoms with E-state index in [1.54, 1.807) is 11.2 Å². The normalized spacial score (nSPS) is 20.5. The Labute approximate surface area is 162 Å². The summed E-state index contributed by atoms with van der Waals surface area (Å²) in [4.78, 5) is 14.4. The fourth-order valence-corrected chi connectivity index (χ4v) is 5.44. The minimum Gasteiger partial charge on any atom is -0.462 e. The minimum absolute atomic E-state index is 0.233. The van der Waals surface area contributed by atoms with E-state index in [9.17, 15) is 13.2 Å². The zero-order valence-corrected chi connectivity index (χ0v) is 16.9. The van der Waals surface area contributed by atoms with Crippen molar-refractivity contribution in [2.24, 2.45) is 5.92 Å². The number of carbonyl (C=O) groups is 1. The van der Waals surface area contributed by atoms with Crippen LogP contribution in [0.1, 0.15) is 49.4 Å². The summed E-state index contributed by atoms with van der Waals surface area (Å²) in [5, 5.41) is 0. The first kappa shape index (κ1) is 20.3. The molecule has 150 valence electrons. The molecule has 1 aromatic carbocycles. The second kappa shape index (κ2) is 9.17. The van der Waals surface area contributed by atoms with Crippen LogP contribution in [0.2, 0.25) is 0 Å². The van der Waals surface area contributed by atoms with Crippen LogP contribution in [0, 0.1) is 5.92 Å². The van der Waals surface area contributed by atoms with Crippen LogP contribution in [-0.4, -0.2) is 62.9 Å². The number of rotatable bonds is 6. The molecule has 1 aliphatic heterocycles. The summed E-state index contributed by atoms with van der Waals surface area (Å²) in [6.45, 7) is 5.76. The van der Waals surface area contributed by atoms with E-state index >= 15 is 0 Å². The smallest absolute Gasteiger partial charge is 0.338 e. The average molecular weight is 395 g/mol. The van der Waals surface area contributed by atoms with Crippen molar-refractivity contribution in [1.82, 2.24) is 9.21 Å². The Morgan fingerprint density at radius 2 is 1.67 bits per heavy atom. The minimum atomic E-state index is -3.52. The number of hydrogen-bond donors (Lipinski definition) is 0. The number of sulfonamides is 1. The molecule has 1 saturated heterocycles. The van der Waals surface area contributed by atoms with E-state index in [0.29, 0.717) is 25.3 Å². The van der Waals surface area contributed by atoms with Crippen LogP contribution >= 0.6 is 0 Å². The van der Waals surface area contributed by atoms with Crippen LogP contribution in [0.25, 0.3) is 0 Å². The van der Waals surface area contributed by atoms with Crippen molar-refractivity contribution in [3.8, 4) is 0 Å². The Balaban J connectivity index is 1.57. The summed E-state index contributed by atoms with van der Waals surface area (Å²) < 4.78 is 32.3. The first-order chi connectivity index (χ1) is 13.0. The van der Waals surface area contributed by atoms with E-state index in [1.807, 2.05) is 0 Å². The van der Waals surface area contributed by atoms with E-state index in [-0.39, 0.29) is 4.90 Å². The molecule has 0 radical (unpaired) electrons. The molecule has 0 unspecified atom stereocenters. The number of ether oxygens (including phenoxy) is 1. The highest BCUT2D eigenvalue weighted by molar-refractivity contribution is 7.89. The van der Waals surface area contributed by atoms with Gasteiger partial charge in [0.25, 0.3) is 0 Å². The highest BCUT2D eigenvalue weighted by Crippen LogP contribution is 2.25. The van der Waals surface area contributed by atoms with Crippen LogP contribution in [0.5, 0.6) is 0 Å². The van der Waals surface area contributed by atoms with Gasteiger partial charge in [0, 0.05) is 32.7 Å². The van der Waals surface area contributed by atoms with Crippen LogP contribution in [0.15, 0.2) is 29.2 Å². The lowest BCUT2D eigenvalue weighted by Gasteiger charge is -2.36.